The minimum absolute atomic E-state index is 0.412. The fourth-order valence-electron chi connectivity index (χ4n) is 1.73. The lowest BCUT2D eigenvalue weighted by Crippen LogP contribution is -2.42. The Balaban J connectivity index is 2.68. The molecule has 0 aliphatic carbocycles. The third-order valence-corrected chi connectivity index (χ3v) is 2.82. The van der Waals surface area contributed by atoms with Crippen molar-refractivity contribution in [1.29, 1.82) is 0 Å². The summed E-state index contributed by atoms with van der Waals surface area (Å²) < 4.78 is 0. The van der Waals surface area contributed by atoms with E-state index in [0.717, 1.165) is 11.1 Å². The lowest BCUT2D eigenvalue weighted by molar-refractivity contribution is -0.139. The number of carboxylic acids is 1. The van der Waals surface area contributed by atoms with Crippen LogP contribution >= 0.6 is 0 Å². The summed E-state index contributed by atoms with van der Waals surface area (Å²) >= 11 is 0. The SMILES string of the molecule is CCC[C@H](NC(=O)Nc1cc(C)ccc1C)C(=O)O. The zero-order valence-electron chi connectivity index (χ0n) is 11.5. The monoisotopic (exact) mass is 264 g/mol. The van der Waals surface area contributed by atoms with Crippen molar-refractivity contribution >= 4 is 17.7 Å². The summed E-state index contributed by atoms with van der Waals surface area (Å²) in [4.78, 5) is 22.7. The predicted octanol–water partition coefficient (Wildman–Crippen LogP) is 2.68. The molecule has 0 saturated carbocycles. The molecule has 3 N–H and O–H groups in total. The van der Waals surface area contributed by atoms with E-state index in [4.69, 9.17) is 5.11 Å². The molecule has 0 aliphatic heterocycles. The first-order valence-corrected chi connectivity index (χ1v) is 6.31. The molecule has 1 aromatic carbocycles. The number of carbonyl (C=O) groups is 2. The average Bonchev–Trinajstić information content (AvgIpc) is 2.33. The highest BCUT2D eigenvalue weighted by molar-refractivity contribution is 5.92. The number of hydrogen-bond donors (Lipinski definition) is 3. The highest BCUT2D eigenvalue weighted by atomic mass is 16.4. The zero-order valence-corrected chi connectivity index (χ0v) is 11.5. The van der Waals surface area contributed by atoms with Gasteiger partial charge in [-0.1, -0.05) is 25.5 Å². The van der Waals surface area contributed by atoms with Crippen molar-refractivity contribution in [1.82, 2.24) is 5.32 Å². The molecule has 2 amide bonds. The minimum atomic E-state index is -1.02. The molecule has 1 rings (SSSR count). The molecule has 0 heterocycles. The maximum atomic E-state index is 11.8. The van der Waals surface area contributed by atoms with E-state index < -0.39 is 18.0 Å². The van der Waals surface area contributed by atoms with Gasteiger partial charge in [0.15, 0.2) is 0 Å². The summed E-state index contributed by atoms with van der Waals surface area (Å²) in [6.45, 7) is 5.69. The number of amides is 2. The third-order valence-electron chi connectivity index (χ3n) is 2.82. The summed E-state index contributed by atoms with van der Waals surface area (Å²) in [5, 5.41) is 14.1. The number of urea groups is 1. The van der Waals surface area contributed by atoms with Gasteiger partial charge in [-0.15, -0.1) is 0 Å². The molecule has 1 aromatic rings. The fraction of sp³-hybridized carbons (Fsp3) is 0.429. The van der Waals surface area contributed by atoms with E-state index in [1.54, 1.807) is 0 Å². The largest absolute Gasteiger partial charge is 0.480 e. The summed E-state index contributed by atoms with van der Waals surface area (Å²) in [7, 11) is 0. The number of hydrogen-bond acceptors (Lipinski definition) is 2. The first-order chi connectivity index (χ1) is 8.93. The molecule has 104 valence electrons. The summed E-state index contributed by atoms with van der Waals surface area (Å²) in [6, 6.07) is 4.37. The summed E-state index contributed by atoms with van der Waals surface area (Å²) in [6.07, 6.45) is 1.11. The first kappa shape index (κ1) is 15.0. The molecule has 0 aliphatic rings. The lowest BCUT2D eigenvalue weighted by Gasteiger charge is -2.15. The molecule has 0 unspecified atom stereocenters. The van der Waals surface area contributed by atoms with Crippen molar-refractivity contribution in [2.24, 2.45) is 0 Å². The van der Waals surface area contributed by atoms with Crippen LogP contribution in [0.4, 0.5) is 10.5 Å². The second-order valence-corrected chi connectivity index (χ2v) is 4.60. The van der Waals surface area contributed by atoms with Crippen molar-refractivity contribution < 1.29 is 14.7 Å². The van der Waals surface area contributed by atoms with Gasteiger partial charge in [-0.05, 0) is 37.5 Å². The quantitative estimate of drug-likeness (QED) is 0.765. The van der Waals surface area contributed by atoms with Crippen LogP contribution in [0.2, 0.25) is 0 Å². The molecule has 19 heavy (non-hydrogen) atoms. The Bertz CT molecular complexity index is 472. The van der Waals surface area contributed by atoms with Gasteiger partial charge in [0.05, 0.1) is 0 Å². The van der Waals surface area contributed by atoms with Crippen LogP contribution in [0.15, 0.2) is 18.2 Å². The van der Waals surface area contributed by atoms with Crippen LogP contribution in [0.5, 0.6) is 0 Å². The molecule has 0 saturated heterocycles. The zero-order chi connectivity index (χ0) is 14.4. The first-order valence-electron chi connectivity index (χ1n) is 6.31. The highest BCUT2D eigenvalue weighted by Gasteiger charge is 2.18. The van der Waals surface area contributed by atoms with Crippen molar-refractivity contribution in [3.8, 4) is 0 Å². The van der Waals surface area contributed by atoms with E-state index in [-0.39, 0.29) is 0 Å². The van der Waals surface area contributed by atoms with E-state index in [9.17, 15) is 9.59 Å². The molecule has 5 nitrogen and oxygen atoms in total. The van der Waals surface area contributed by atoms with Crippen molar-refractivity contribution in [3.63, 3.8) is 0 Å². The smallest absolute Gasteiger partial charge is 0.326 e. The van der Waals surface area contributed by atoms with Gasteiger partial charge >= 0.3 is 12.0 Å². The van der Waals surface area contributed by atoms with Crippen LogP contribution in [0.3, 0.4) is 0 Å². The molecule has 0 aromatic heterocycles. The van der Waals surface area contributed by atoms with Crippen LogP contribution in [0.1, 0.15) is 30.9 Å². The predicted molar refractivity (Wildman–Crippen MR) is 74.4 cm³/mol. The van der Waals surface area contributed by atoms with E-state index >= 15 is 0 Å². The third kappa shape index (κ3) is 4.62. The Hall–Kier alpha value is -2.04. The van der Waals surface area contributed by atoms with Crippen LogP contribution in [-0.4, -0.2) is 23.1 Å². The Morgan fingerprint density at radius 1 is 1.32 bits per heavy atom. The molecule has 0 radical (unpaired) electrons. The molecule has 0 spiro atoms. The highest BCUT2D eigenvalue weighted by Crippen LogP contribution is 2.16. The van der Waals surface area contributed by atoms with Crippen LogP contribution in [0, 0.1) is 13.8 Å². The van der Waals surface area contributed by atoms with Gasteiger partial charge in [0.25, 0.3) is 0 Å². The average molecular weight is 264 g/mol. The maximum absolute atomic E-state index is 11.8. The van der Waals surface area contributed by atoms with Gasteiger partial charge in [0, 0.05) is 5.69 Å². The molecule has 0 fully saturated rings. The second-order valence-electron chi connectivity index (χ2n) is 4.60. The standard InChI is InChI=1S/C14H20N2O3/c1-4-5-11(13(17)18)15-14(19)16-12-8-9(2)6-7-10(12)3/h6-8,11H,4-5H2,1-3H3,(H,17,18)(H2,15,16,19)/t11-/m0/s1. The van der Waals surface area contributed by atoms with Crippen LogP contribution in [-0.2, 0) is 4.79 Å². The Morgan fingerprint density at radius 3 is 2.58 bits per heavy atom. The summed E-state index contributed by atoms with van der Waals surface area (Å²) in [5.74, 6) is -1.02. The molecule has 1 atom stereocenters. The number of nitrogens with one attached hydrogen (secondary N) is 2. The van der Waals surface area contributed by atoms with Crippen molar-refractivity contribution in [2.75, 3.05) is 5.32 Å². The number of anilines is 1. The fourth-order valence-corrected chi connectivity index (χ4v) is 1.73. The maximum Gasteiger partial charge on any atom is 0.326 e. The van der Waals surface area contributed by atoms with Crippen LogP contribution < -0.4 is 10.6 Å². The molecular weight excluding hydrogens is 244 g/mol. The number of carboxylic acid groups (broad SMARTS) is 1. The minimum Gasteiger partial charge on any atom is -0.480 e. The Labute approximate surface area is 113 Å². The van der Waals surface area contributed by atoms with Crippen molar-refractivity contribution in [2.45, 2.75) is 39.7 Å². The van der Waals surface area contributed by atoms with Gasteiger partial charge < -0.3 is 15.7 Å². The molecule has 0 bridgehead atoms. The number of aryl methyl sites for hydroxylation is 2. The lowest BCUT2D eigenvalue weighted by atomic mass is 10.1. The van der Waals surface area contributed by atoms with E-state index in [1.807, 2.05) is 39.0 Å². The van der Waals surface area contributed by atoms with Gasteiger partial charge in [-0.25, -0.2) is 9.59 Å². The molecule has 5 heteroatoms. The Kier molecular flexibility index (Phi) is 5.36. The van der Waals surface area contributed by atoms with E-state index in [0.29, 0.717) is 18.5 Å². The van der Waals surface area contributed by atoms with E-state index in [1.165, 1.54) is 0 Å². The number of carbonyl (C=O) groups excluding carboxylic acids is 1. The number of benzene rings is 1. The Morgan fingerprint density at radius 2 is 2.00 bits per heavy atom. The second kappa shape index (κ2) is 6.78. The van der Waals surface area contributed by atoms with Crippen LogP contribution in [0.25, 0.3) is 0 Å². The van der Waals surface area contributed by atoms with Gasteiger partial charge in [-0.3, -0.25) is 0 Å². The molecular formula is C14H20N2O3. The van der Waals surface area contributed by atoms with E-state index in [2.05, 4.69) is 10.6 Å². The number of aliphatic carboxylic acids is 1. The topological polar surface area (TPSA) is 78.4 Å². The van der Waals surface area contributed by atoms with Crippen molar-refractivity contribution in [3.05, 3.63) is 29.3 Å². The van der Waals surface area contributed by atoms with Gasteiger partial charge in [-0.2, -0.15) is 0 Å². The van der Waals surface area contributed by atoms with Gasteiger partial charge in [0.2, 0.25) is 0 Å². The van der Waals surface area contributed by atoms with Gasteiger partial charge in [0.1, 0.15) is 6.04 Å². The number of rotatable bonds is 5. The normalized spacial score (nSPS) is 11.7. The summed E-state index contributed by atoms with van der Waals surface area (Å²) in [5.41, 5.74) is 2.66.